The van der Waals surface area contributed by atoms with Crippen molar-refractivity contribution in [1.29, 1.82) is 0 Å². The van der Waals surface area contributed by atoms with Crippen LogP contribution >= 0.6 is 11.6 Å². The van der Waals surface area contributed by atoms with Gasteiger partial charge >= 0.3 is 6.36 Å². The van der Waals surface area contributed by atoms with Crippen molar-refractivity contribution >= 4 is 34.4 Å². The number of fused-ring (bicyclic) bond motifs is 2. The SMILES string of the molecule is C[C@H]1C=C(C2=Nc3cc(Cl)ccc3Nc3ccc(OC(F)(F)F)cc32)CCN1C. The van der Waals surface area contributed by atoms with Gasteiger partial charge in [-0.1, -0.05) is 17.7 Å². The van der Waals surface area contributed by atoms with Crippen LogP contribution in [0.2, 0.25) is 5.02 Å². The zero-order valence-electron chi connectivity index (χ0n) is 15.8. The molecular weight excluding hydrogens is 403 g/mol. The van der Waals surface area contributed by atoms with E-state index in [1.54, 1.807) is 24.3 Å². The van der Waals surface area contributed by atoms with E-state index in [0.29, 0.717) is 27.7 Å². The second-order valence-corrected chi connectivity index (χ2v) is 7.60. The molecule has 1 atom stereocenters. The van der Waals surface area contributed by atoms with E-state index >= 15 is 0 Å². The number of benzene rings is 2. The summed E-state index contributed by atoms with van der Waals surface area (Å²) in [5.74, 6) is -0.281. The van der Waals surface area contributed by atoms with Crippen LogP contribution in [0.1, 0.15) is 18.9 Å². The smallest absolute Gasteiger partial charge is 0.406 e. The van der Waals surface area contributed by atoms with Crippen molar-refractivity contribution in [2.45, 2.75) is 25.7 Å². The van der Waals surface area contributed by atoms with Gasteiger partial charge in [0.2, 0.25) is 0 Å². The number of nitrogens with one attached hydrogen (secondary N) is 1. The molecule has 0 saturated carbocycles. The molecule has 2 heterocycles. The van der Waals surface area contributed by atoms with Gasteiger partial charge in [-0.05, 0) is 62.4 Å². The molecule has 0 aromatic heterocycles. The Bertz CT molecular complexity index is 1020. The second-order valence-electron chi connectivity index (χ2n) is 7.17. The molecule has 0 unspecified atom stereocenters. The Balaban J connectivity index is 1.88. The van der Waals surface area contributed by atoms with Gasteiger partial charge in [0.05, 0.1) is 17.1 Å². The minimum atomic E-state index is -4.76. The van der Waals surface area contributed by atoms with Gasteiger partial charge in [-0.15, -0.1) is 13.2 Å². The summed E-state index contributed by atoms with van der Waals surface area (Å²) in [7, 11) is 2.03. The van der Waals surface area contributed by atoms with Crippen LogP contribution in [0, 0.1) is 0 Å². The monoisotopic (exact) mass is 421 g/mol. The number of halogens is 4. The maximum atomic E-state index is 12.8. The first-order valence-corrected chi connectivity index (χ1v) is 9.54. The summed E-state index contributed by atoms with van der Waals surface area (Å²) >= 11 is 6.15. The predicted molar refractivity (Wildman–Crippen MR) is 109 cm³/mol. The number of nitrogens with zero attached hydrogens (tertiary/aromatic N) is 2. The average molecular weight is 422 g/mol. The van der Waals surface area contributed by atoms with Crippen molar-refractivity contribution in [2.75, 3.05) is 18.9 Å². The van der Waals surface area contributed by atoms with Gasteiger partial charge < -0.3 is 10.1 Å². The average Bonchev–Trinajstić information content (AvgIpc) is 2.79. The zero-order chi connectivity index (χ0) is 20.8. The van der Waals surface area contributed by atoms with Crippen LogP contribution in [0.3, 0.4) is 0 Å². The fourth-order valence-electron chi connectivity index (χ4n) is 3.50. The van der Waals surface area contributed by atoms with E-state index in [-0.39, 0.29) is 11.8 Å². The van der Waals surface area contributed by atoms with Crippen molar-refractivity contribution in [1.82, 2.24) is 4.90 Å². The summed E-state index contributed by atoms with van der Waals surface area (Å²) in [4.78, 5) is 7.01. The third-order valence-electron chi connectivity index (χ3n) is 5.12. The van der Waals surface area contributed by atoms with Crippen LogP contribution in [-0.4, -0.2) is 36.6 Å². The highest BCUT2D eigenvalue weighted by Gasteiger charge is 2.32. The molecule has 0 bridgehead atoms. The molecular formula is C21H19ClF3N3O. The fraction of sp³-hybridized carbons (Fsp3) is 0.286. The van der Waals surface area contributed by atoms with Gasteiger partial charge in [-0.3, -0.25) is 4.90 Å². The molecule has 0 saturated heterocycles. The highest BCUT2D eigenvalue weighted by Crippen LogP contribution is 2.39. The molecule has 0 radical (unpaired) electrons. The third-order valence-corrected chi connectivity index (χ3v) is 5.35. The molecule has 2 aromatic rings. The molecule has 152 valence electrons. The Morgan fingerprint density at radius 2 is 1.93 bits per heavy atom. The summed E-state index contributed by atoms with van der Waals surface area (Å²) in [6.07, 6.45) is -1.93. The Kier molecular flexibility index (Phi) is 5.04. The quantitative estimate of drug-likeness (QED) is 0.639. The van der Waals surface area contributed by atoms with Crippen molar-refractivity contribution in [2.24, 2.45) is 4.99 Å². The molecule has 4 rings (SSSR count). The number of alkyl halides is 3. The lowest BCUT2D eigenvalue weighted by atomic mass is 9.93. The molecule has 0 spiro atoms. The maximum Gasteiger partial charge on any atom is 0.573 e. The minimum Gasteiger partial charge on any atom is -0.406 e. The number of hydrogen-bond donors (Lipinski definition) is 1. The zero-order valence-corrected chi connectivity index (χ0v) is 16.6. The van der Waals surface area contributed by atoms with Crippen LogP contribution in [0.15, 0.2) is 53.0 Å². The molecule has 2 aliphatic heterocycles. The molecule has 1 N–H and O–H groups in total. The summed E-state index contributed by atoms with van der Waals surface area (Å²) in [6, 6.07) is 9.73. The first-order chi connectivity index (χ1) is 13.7. The number of anilines is 2. The van der Waals surface area contributed by atoms with Crippen LogP contribution in [-0.2, 0) is 0 Å². The van der Waals surface area contributed by atoms with E-state index in [4.69, 9.17) is 16.6 Å². The number of hydrogen-bond acceptors (Lipinski definition) is 4. The standard InChI is InChI=1S/C21H19ClF3N3O/c1-12-9-13(7-8-28(12)2)20-16-11-15(29-21(23,24)25)4-6-17(16)26-18-5-3-14(22)10-19(18)27-20/h3-6,9-12,26H,7-8H2,1-2H3/t12-/m0/s1. The topological polar surface area (TPSA) is 36.9 Å². The third kappa shape index (κ3) is 4.26. The van der Waals surface area contributed by atoms with E-state index in [0.717, 1.165) is 24.2 Å². The second kappa shape index (κ2) is 7.39. The molecule has 0 fully saturated rings. The van der Waals surface area contributed by atoms with Gasteiger partial charge in [-0.2, -0.15) is 0 Å². The Morgan fingerprint density at radius 1 is 1.17 bits per heavy atom. The summed E-state index contributed by atoms with van der Waals surface area (Å²) in [5.41, 5.74) is 4.19. The fourth-order valence-corrected chi connectivity index (χ4v) is 3.66. The molecule has 2 aliphatic rings. The molecule has 0 aliphatic carbocycles. The van der Waals surface area contributed by atoms with E-state index in [2.05, 4.69) is 28.0 Å². The lowest BCUT2D eigenvalue weighted by Crippen LogP contribution is -2.33. The van der Waals surface area contributed by atoms with E-state index in [9.17, 15) is 13.2 Å². The Hall–Kier alpha value is -2.51. The Morgan fingerprint density at radius 3 is 2.66 bits per heavy atom. The van der Waals surface area contributed by atoms with Gasteiger partial charge in [0, 0.05) is 28.9 Å². The van der Waals surface area contributed by atoms with Crippen LogP contribution in [0.25, 0.3) is 0 Å². The van der Waals surface area contributed by atoms with Crippen molar-refractivity contribution in [3.8, 4) is 5.75 Å². The van der Waals surface area contributed by atoms with E-state index in [1.165, 1.54) is 12.1 Å². The summed E-state index contributed by atoms with van der Waals surface area (Å²) < 4.78 is 42.4. The predicted octanol–water partition coefficient (Wildman–Crippen LogP) is 6.07. The Labute approximate surface area is 171 Å². The highest BCUT2D eigenvalue weighted by molar-refractivity contribution is 6.31. The number of ether oxygens (including phenoxy) is 1. The van der Waals surface area contributed by atoms with Crippen LogP contribution < -0.4 is 10.1 Å². The molecule has 2 aromatic carbocycles. The van der Waals surface area contributed by atoms with Gasteiger partial charge in [0.25, 0.3) is 0 Å². The summed E-state index contributed by atoms with van der Waals surface area (Å²) in [6.45, 7) is 2.90. The number of aliphatic imine (C=N–C) groups is 1. The van der Waals surface area contributed by atoms with Crippen LogP contribution in [0.4, 0.5) is 30.2 Å². The lowest BCUT2D eigenvalue weighted by Gasteiger charge is -2.29. The first kappa shape index (κ1) is 19.8. The summed E-state index contributed by atoms with van der Waals surface area (Å²) in [5, 5.41) is 3.80. The van der Waals surface area contributed by atoms with E-state index in [1.807, 2.05) is 7.05 Å². The number of rotatable bonds is 2. The molecule has 29 heavy (non-hydrogen) atoms. The van der Waals surface area contributed by atoms with Crippen molar-refractivity contribution in [3.63, 3.8) is 0 Å². The maximum absolute atomic E-state index is 12.8. The van der Waals surface area contributed by atoms with Crippen molar-refractivity contribution in [3.05, 3.63) is 58.6 Å². The minimum absolute atomic E-state index is 0.189. The lowest BCUT2D eigenvalue weighted by molar-refractivity contribution is -0.274. The van der Waals surface area contributed by atoms with Gasteiger partial charge in [-0.25, -0.2) is 4.99 Å². The normalized spacial score (nSPS) is 19.3. The highest BCUT2D eigenvalue weighted by atomic mass is 35.5. The molecule has 8 heteroatoms. The van der Waals surface area contributed by atoms with Gasteiger partial charge in [0.1, 0.15) is 5.75 Å². The van der Waals surface area contributed by atoms with Gasteiger partial charge in [0.15, 0.2) is 0 Å². The van der Waals surface area contributed by atoms with Crippen LogP contribution in [0.5, 0.6) is 5.75 Å². The first-order valence-electron chi connectivity index (χ1n) is 9.16. The molecule has 0 amide bonds. The number of likely N-dealkylation sites (N-methyl/N-ethyl adjacent to an activating group) is 1. The van der Waals surface area contributed by atoms with Crippen molar-refractivity contribution < 1.29 is 17.9 Å². The largest absolute Gasteiger partial charge is 0.573 e. The van der Waals surface area contributed by atoms with E-state index < -0.39 is 6.36 Å². The molecule has 4 nitrogen and oxygen atoms in total.